The first-order chi connectivity index (χ1) is 14.7. The van der Waals surface area contributed by atoms with Crippen molar-refractivity contribution in [2.75, 3.05) is 38.5 Å². The maximum absolute atomic E-state index is 12.6. The molecule has 0 aromatic heterocycles. The van der Waals surface area contributed by atoms with Crippen molar-refractivity contribution in [2.24, 2.45) is 0 Å². The first-order valence-corrected chi connectivity index (χ1v) is 11.2. The molecule has 0 spiro atoms. The van der Waals surface area contributed by atoms with E-state index in [1.165, 1.54) is 37.9 Å². The van der Waals surface area contributed by atoms with Crippen molar-refractivity contribution in [2.45, 2.75) is 44.8 Å². The summed E-state index contributed by atoms with van der Waals surface area (Å²) in [6, 6.07) is 15.7. The van der Waals surface area contributed by atoms with Crippen molar-refractivity contribution >= 4 is 11.6 Å². The number of anilines is 1. The quantitative estimate of drug-likeness (QED) is 0.771. The number of piperidine rings is 2. The van der Waals surface area contributed by atoms with Gasteiger partial charge in [0.1, 0.15) is 11.9 Å². The molecular formula is C25H33N3O2. The fraction of sp³-hybridized carbons (Fsp3) is 0.480. The molecule has 2 heterocycles. The molecule has 4 rings (SSSR count). The molecule has 2 aromatic rings. The second kappa shape index (κ2) is 10.1. The van der Waals surface area contributed by atoms with Crippen LogP contribution >= 0.6 is 0 Å². The van der Waals surface area contributed by atoms with Crippen LogP contribution in [-0.2, 0) is 6.54 Å². The summed E-state index contributed by atoms with van der Waals surface area (Å²) in [5.74, 6) is 0.785. The van der Waals surface area contributed by atoms with E-state index in [-0.39, 0.29) is 12.0 Å². The van der Waals surface area contributed by atoms with E-state index in [2.05, 4.69) is 34.3 Å². The molecule has 2 aromatic carbocycles. The van der Waals surface area contributed by atoms with Gasteiger partial charge < -0.3 is 15.0 Å². The smallest absolute Gasteiger partial charge is 0.255 e. The lowest BCUT2D eigenvalue weighted by atomic mass is 10.1. The fourth-order valence-corrected chi connectivity index (χ4v) is 4.25. The molecule has 1 N–H and O–H groups in total. The molecule has 2 saturated heterocycles. The monoisotopic (exact) mass is 407 g/mol. The van der Waals surface area contributed by atoms with Crippen LogP contribution in [0.2, 0.25) is 0 Å². The van der Waals surface area contributed by atoms with E-state index in [1.54, 1.807) is 0 Å². The summed E-state index contributed by atoms with van der Waals surface area (Å²) in [5.41, 5.74) is 2.74. The van der Waals surface area contributed by atoms with Gasteiger partial charge in [-0.1, -0.05) is 18.6 Å². The third-order valence-electron chi connectivity index (χ3n) is 6.15. The van der Waals surface area contributed by atoms with Crippen molar-refractivity contribution in [3.05, 3.63) is 59.7 Å². The summed E-state index contributed by atoms with van der Waals surface area (Å²) >= 11 is 0. The molecule has 0 aliphatic carbocycles. The number of likely N-dealkylation sites (tertiary alicyclic amines) is 2. The van der Waals surface area contributed by atoms with E-state index in [0.29, 0.717) is 5.56 Å². The van der Waals surface area contributed by atoms with Crippen LogP contribution in [0.15, 0.2) is 48.5 Å². The molecule has 0 radical (unpaired) electrons. The van der Waals surface area contributed by atoms with Gasteiger partial charge in [0.25, 0.3) is 5.91 Å². The second-order valence-corrected chi connectivity index (χ2v) is 8.63. The van der Waals surface area contributed by atoms with Crippen LogP contribution in [0.5, 0.6) is 5.75 Å². The normalized spacial score (nSPS) is 18.8. The number of carbonyl (C=O) groups is 1. The van der Waals surface area contributed by atoms with Crippen LogP contribution < -0.4 is 10.1 Å². The average molecular weight is 408 g/mol. The lowest BCUT2D eigenvalue weighted by Crippen LogP contribution is -2.35. The fourth-order valence-electron chi connectivity index (χ4n) is 4.25. The highest BCUT2D eigenvalue weighted by Gasteiger charge is 2.18. The van der Waals surface area contributed by atoms with Crippen molar-refractivity contribution in [3.63, 3.8) is 0 Å². The van der Waals surface area contributed by atoms with Gasteiger partial charge in [-0.15, -0.1) is 0 Å². The largest absolute Gasteiger partial charge is 0.490 e. The molecule has 2 aliphatic rings. The molecule has 5 heteroatoms. The predicted octanol–water partition coefficient (Wildman–Crippen LogP) is 4.40. The van der Waals surface area contributed by atoms with Crippen LogP contribution in [0.1, 0.15) is 48.0 Å². The molecule has 0 unspecified atom stereocenters. The Morgan fingerprint density at radius 1 is 0.933 bits per heavy atom. The summed E-state index contributed by atoms with van der Waals surface area (Å²) < 4.78 is 6.08. The lowest BCUT2D eigenvalue weighted by Gasteiger charge is -2.29. The van der Waals surface area contributed by atoms with E-state index >= 15 is 0 Å². The highest BCUT2D eigenvalue weighted by Crippen LogP contribution is 2.21. The Morgan fingerprint density at radius 2 is 1.60 bits per heavy atom. The first-order valence-electron chi connectivity index (χ1n) is 11.2. The van der Waals surface area contributed by atoms with E-state index in [0.717, 1.165) is 43.9 Å². The second-order valence-electron chi connectivity index (χ2n) is 8.63. The van der Waals surface area contributed by atoms with E-state index in [9.17, 15) is 4.79 Å². The zero-order chi connectivity index (χ0) is 20.8. The van der Waals surface area contributed by atoms with Crippen LogP contribution in [0.4, 0.5) is 5.69 Å². The van der Waals surface area contributed by atoms with E-state index in [1.807, 2.05) is 36.4 Å². The Kier molecular flexibility index (Phi) is 7.03. The minimum absolute atomic E-state index is 0.0801. The number of rotatable bonds is 6. The molecule has 0 atom stereocenters. The maximum atomic E-state index is 12.6. The highest BCUT2D eigenvalue weighted by molar-refractivity contribution is 6.04. The number of benzene rings is 2. The van der Waals surface area contributed by atoms with Gasteiger partial charge in [0.15, 0.2) is 0 Å². The van der Waals surface area contributed by atoms with Crippen molar-refractivity contribution < 1.29 is 9.53 Å². The maximum Gasteiger partial charge on any atom is 0.255 e. The van der Waals surface area contributed by atoms with Gasteiger partial charge in [-0.25, -0.2) is 0 Å². The topological polar surface area (TPSA) is 44.8 Å². The van der Waals surface area contributed by atoms with E-state index in [4.69, 9.17) is 4.74 Å². The van der Waals surface area contributed by atoms with Gasteiger partial charge >= 0.3 is 0 Å². The zero-order valence-corrected chi connectivity index (χ0v) is 18.0. The Labute approximate surface area is 180 Å². The summed E-state index contributed by atoms with van der Waals surface area (Å²) in [5, 5.41) is 2.98. The minimum atomic E-state index is -0.0801. The molecule has 0 saturated carbocycles. The number of ether oxygens (including phenoxy) is 1. The number of hydrogen-bond acceptors (Lipinski definition) is 4. The number of nitrogens with one attached hydrogen (secondary N) is 1. The molecule has 5 nitrogen and oxygen atoms in total. The third-order valence-corrected chi connectivity index (χ3v) is 6.15. The van der Waals surface area contributed by atoms with Gasteiger partial charge in [-0.05, 0) is 87.8 Å². The van der Waals surface area contributed by atoms with Crippen molar-refractivity contribution in [3.8, 4) is 5.75 Å². The molecule has 30 heavy (non-hydrogen) atoms. The number of amides is 1. The Hall–Kier alpha value is -2.37. The molecular weight excluding hydrogens is 374 g/mol. The summed E-state index contributed by atoms with van der Waals surface area (Å²) in [6.45, 7) is 5.49. The summed E-state index contributed by atoms with van der Waals surface area (Å²) in [6.07, 6.45) is 6.34. The standard InChI is InChI=1S/C25H33N3O2/c1-27-17-13-24(14-18-27)30-23-11-9-22(10-12-23)26-25(29)21-7-5-20(6-8-21)19-28-15-3-2-4-16-28/h5-12,24H,2-4,13-19H2,1H3,(H,26,29). The Bertz CT molecular complexity index is 805. The number of nitrogens with zero attached hydrogens (tertiary/aromatic N) is 2. The Morgan fingerprint density at radius 3 is 2.27 bits per heavy atom. The summed E-state index contributed by atoms with van der Waals surface area (Å²) in [4.78, 5) is 17.4. The van der Waals surface area contributed by atoms with Gasteiger partial charge in [0.05, 0.1) is 0 Å². The number of carbonyl (C=O) groups excluding carboxylic acids is 1. The van der Waals surface area contributed by atoms with Crippen LogP contribution in [0, 0.1) is 0 Å². The van der Waals surface area contributed by atoms with Gasteiger partial charge in [-0.2, -0.15) is 0 Å². The molecule has 2 fully saturated rings. The van der Waals surface area contributed by atoms with Crippen molar-refractivity contribution in [1.82, 2.24) is 9.80 Å². The molecule has 2 aliphatic heterocycles. The zero-order valence-electron chi connectivity index (χ0n) is 18.0. The van der Waals surface area contributed by atoms with Gasteiger partial charge in [-0.3, -0.25) is 9.69 Å². The van der Waals surface area contributed by atoms with Crippen LogP contribution in [-0.4, -0.2) is 55.0 Å². The van der Waals surface area contributed by atoms with Crippen molar-refractivity contribution in [1.29, 1.82) is 0 Å². The first kappa shape index (κ1) is 20.9. The molecule has 160 valence electrons. The van der Waals surface area contributed by atoms with Gasteiger partial charge in [0, 0.05) is 30.9 Å². The third kappa shape index (κ3) is 5.83. The lowest BCUT2D eigenvalue weighted by molar-refractivity contribution is 0.102. The van der Waals surface area contributed by atoms with Crippen LogP contribution in [0.25, 0.3) is 0 Å². The van der Waals surface area contributed by atoms with Crippen LogP contribution in [0.3, 0.4) is 0 Å². The summed E-state index contributed by atoms with van der Waals surface area (Å²) in [7, 11) is 2.15. The highest BCUT2D eigenvalue weighted by atomic mass is 16.5. The average Bonchev–Trinajstić information content (AvgIpc) is 2.78. The predicted molar refractivity (Wildman–Crippen MR) is 121 cm³/mol. The SMILES string of the molecule is CN1CCC(Oc2ccc(NC(=O)c3ccc(CN4CCCCC4)cc3)cc2)CC1. The Balaban J connectivity index is 1.27. The van der Waals surface area contributed by atoms with Gasteiger partial charge in [0.2, 0.25) is 0 Å². The molecule has 0 bridgehead atoms. The van der Waals surface area contributed by atoms with E-state index < -0.39 is 0 Å². The molecule has 1 amide bonds. The minimum Gasteiger partial charge on any atom is -0.490 e. The number of hydrogen-bond donors (Lipinski definition) is 1.